The van der Waals surface area contributed by atoms with E-state index in [0.29, 0.717) is 10.7 Å². The van der Waals surface area contributed by atoms with Gasteiger partial charge < -0.3 is 11.1 Å². The summed E-state index contributed by atoms with van der Waals surface area (Å²) < 4.78 is 30.4. The van der Waals surface area contributed by atoms with Crippen molar-refractivity contribution in [3.05, 3.63) is 29.3 Å². The van der Waals surface area contributed by atoms with Gasteiger partial charge in [-0.15, -0.1) is 0 Å². The fourth-order valence-electron chi connectivity index (χ4n) is 0.987. The molecule has 7 heteroatoms. The topological polar surface area (TPSA) is 92.4 Å². The third kappa shape index (κ3) is 3.67. The van der Waals surface area contributed by atoms with Crippen molar-refractivity contribution in [2.45, 2.75) is 5.37 Å². The highest BCUT2D eigenvalue weighted by Crippen LogP contribution is 2.15. The van der Waals surface area contributed by atoms with Crippen LogP contribution in [0.25, 0.3) is 0 Å². The van der Waals surface area contributed by atoms with E-state index in [1.54, 1.807) is 24.3 Å². The Morgan fingerprint density at radius 3 is 2.33 bits per heavy atom. The predicted molar refractivity (Wildman–Crippen MR) is 59.5 cm³/mol. The number of hydrogen-bond acceptors (Lipinski definition) is 4. The van der Waals surface area contributed by atoms with Crippen molar-refractivity contribution in [1.29, 1.82) is 0 Å². The minimum atomic E-state index is -4.19. The fraction of sp³-hybridized carbons (Fsp3) is 0.250. The molecule has 1 aromatic carbocycles. The van der Waals surface area contributed by atoms with Crippen molar-refractivity contribution < 1.29 is 13.0 Å². The Kier molecular flexibility index (Phi) is 3.92. The number of nitrogens with one attached hydrogen (secondary N) is 1. The second-order valence-corrected chi connectivity index (χ2v) is 4.93. The van der Waals surface area contributed by atoms with Gasteiger partial charge in [0.15, 0.2) is 5.37 Å². The molecule has 0 bridgehead atoms. The molecule has 1 rings (SSSR count). The first-order valence-corrected chi connectivity index (χ1v) is 6.00. The summed E-state index contributed by atoms with van der Waals surface area (Å²) in [4.78, 5) is 0. The Balaban J connectivity index is 2.80. The maximum absolute atomic E-state index is 10.8. The number of halogens is 1. The van der Waals surface area contributed by atoms with Crippen molar-refractivity contribution in [2.75, 3.05) is 11.9 Å². The van der Waals surface area contributed by atoms with Gasteiger partial charge >= 0.3 is 0 Å². The van der Waals surface area contributed by atoms with Crippen molar-refractivity contribution in [3.8, 4) is 0 Å². The Morgan fingerprint density at radius 2 is 1.93 bits per heavy atom. The number of nitrogens with two attached hydrogens (primary N) is 1. The van der Waals surface area contributed by atoms with Crippen LogP contribution in [-0.2, 0) is 10.1 Å². The molecule has 84 valence electrons. The molecule has 4 N–H and O–H groups in total. The molecule has 5 nitrogen and oxygen atoms in total. The van der Waals surface area contributed by atoms with E-state index < -0.39 is 15.5 Å². The predicted octanol–water partition coefficient (Wildman–Crippen LogP) is 0.924. The van der Waals surface area contributed by atoms with Gasteiger partial charge in [-0.1, -0.05) is 11.6 Å². The summed E-state index contributed by atoms with van der Waals surface area (Å²) >= 11 is 5.65. The molecule has 0 radical (unpaired) electrons. The van der Waals surface area contributed by atoms with Crippen LogP contribution in [0.4, 0.5) is 5.69 Å². The van der Waals surface area contributed by atoms with Crippen molar-refractivity contribution in [1.82, 2.24) is 0 Å². The van der Waals surface area contributed by atoms with Gasteiger partial charge in [0.25, 0.3) is 10.1 Å². The molecule has 0 saturated heterocycles. The zero-order valence-corrected chi connectivity index (χ0v) is 9.29. The van der Waals surface area contributed by atoms with Gasteiger partial charge in [0.05, 0.1) is 0 Å². The lowest BCUT2D eigenvalue weighted by Crippen LogP contribution is -2.36. The molecule has 15 heavy (non-hydrogen) atoms. The Hall–Kier alpha value is -0.820. The smallest absolute Gasteiger partial charge is 0.287 e. The van der Waals surface area contributed by atoms with Crippen LogP contribution >= 0.6 is 11.6 Å². The van der Waals surface area contributed by atoms with Gasteiger partial charge in [-0.05, 0) is 24.3 Å². The summed E-state index contributed by atoms with van der Waals surface area (Å²) in [5.74, 6) is 0. The van der Waals surface area contributed by atoms with Crippen LogP contribution in [0.15, 0.2) is 24.3 Å². The van der Waals surface area contributed by atoms with E-state index in [0.717, 1.165) is 0 Å². The molecule has 0 aliphatic rings. The third-order valence-electron chi connectivity index (χ3n) is 1.75. The standard InChI is InChI=1S/C8H11ClN2O3S/c9-6-1-3-7(4-2-6)11-8(5-10)15(12,13)14/h1-4,8,11H,5,10H2,(H,12,13,14). The minimum Gasteiger partial charge on any atom is -0.366 e. The van der Waals surface area contributed by atoms with Crippen molar-refractivity contribution >= 4 is 27.4 Å². The third-order valence-corrected chi connectivity index (χ3v) is 3.03. The van der Waals surface area contributed by atoms with E-state index in [9.17, 15) is 8.42 Å². The highest BCUT2D eigenvalue weighted by molar-refractivity contribution is 7.86. The summed E-state index contributed by atoms with van der Waals surface area (Å²) in [6, 6.07) is 6.38. The lowest BCUT2D eigenvalue weighted by Gasteiger charge is -2.14. The van der Waals surface area contributed by atoms with Crippen LogP contribution in [0.2, 0.25) is 5.02 Å². The average Bonchev–Trinajstić information content (AvgIpc) is 2.15. The second-order valence-electron chi connectivity index (χ2n) is 2.89. The normalized spacial score (nSPS) is 13.5. The van der Waals surface area contributed by atoms with Crippen LogP contribution in [-0.4, -0.2) is 24.9 Å². The minimum absolute atomic E-state index is 0.221. The number of rotatable bonds is 4. The number of hydrogen-bond donors (Lipinski definition) is 3. The van der Waals surface area contributed by atoms with Crippen LogP contribution in [0.5, 0.6) is 0 Å². The SMILES string of the molecule is NCC(Nc1ccc(Cl)cc1)S(=O)(=O)O. The molecule has 0 saturated carbocycles. The van der Waals surface area contributed by atoms with Gasteiger partial charge in [-0.3, -0.25) is 4.55 Å². The zero-order valence-electron chi connectivity index (χ0n) is 7.72. The van der Waals surface area contributed by atoms with Crippen molar-refractivity contribution in [3.63, 3.8) is 0 Å². The van der Waals surface area contributed by atoms with E-state index in [1.165, 1.54) is 0 Å². The van der Waals surface area contributed by atoms with Crippen LogP contribution in [0, 0.1) is 0 Å². The largest absolute Gasteiger partial charge is 0.366 e. The first kappa shape index (κ1) is 12.3. The van der Waals surface area contributed by atoms with E-state index in [-0.39, 0.29) is 6.54 Å². The molecule has 0 aliphatic carbocycles. The summed E-state index contributed by atoms with van der Waals surface area (Å²) in [5.41, 5.74) is 5.73. The molecule has 0 heterocycles. The maximum atomic E-state index is 10.8. The van der Waals surface area contributed by atoms with E-state index in [4.69, 9.17) is 21.9 Å². The Morgan fingerprint density at radius 1 is 1.40 bits per heavy atom. The van der Waals surface area contributed by atoms with Crippen LogP contribution in [0.3, 0.4) is 0 Å². The molecule has 0 fully saturated rings. The van der Waals surface area contributed by atoms with Gasteiger partial charge in [0.2, 0.25) is 0 Å². The van der Waals surface area contributed by atoms with Crippen LogP contribution in [0.1, 0.15) is 0 Å². The molecule has 1 atom stereocenters. The molecular weight excluding hydrogens is 240 g/mol. The van der Waals surface area contributed by atoms with Gasteiger partial charge in [0, 0.05) is 17.3 Å². The molecule has 0 aromatic heterocycles. The van der Waals surface area contributed by atoms with Gasteiger partial charge in [-0.2, -0.15) is 8.42 Å². The highest BCUT2D eigenvalue weighted by Gasteiger charge is 2.20. The molecule has 0 aliphatic heterocycles. The Labute approximate surface area is 93.0 Å². The monoisotopic (exact) mass is 250 g/mol. The van der Waals surface area contributed by atoms with Gasteiger partial charge in [0.1, 0.15) is 0 Å². The van der Waals surface area contributed by atoms with Crippen LogP contribution < -0.4 is 11.1 Å². The lowest BCUT2D eigenvalue weighted by molar-refractivity contribution is 0.472. The zero-order chi connectivity index (χ0) is 11.5. The quantitative estimate of drug-likeness (QED) is 0.691. The van der Waals surface area contributed by atoms with Gasteiger partial charge in [-0.25, -0.2) is 0 Å². The van der Waals surface area contributed by atoms with E-state index in [2.05, 4.69) is 5.32 Å². The van der Waals surface area contributed by atoms with E-state index >= 15 is 0 Å². The fourth-order valence-corrected chi connectivity index (χ4v) is 1.64. The summed E-state index contributed by atoms with van der Waals surface area (Å²) in [7, 11) is -4.19. The molecular formula is C8H11ClN2O3S. The maximum Gasteiger partial charge on any atom is 0.287 e. The Bertz CT molecular complexity index is 418. The lowest BCUT2D eigenvalue weighted by atomic mass is 10.3. The summed E-state index contributed by atoms with van der Waals surface area (Å²) in [6.45, 7) is -0.221. The van der Waals surface area contributed by atoms with Crippen molar-refractivity contribution in [2.24, 2.45) is 5.73 Å². The van der Waals surface area contributed by atoms with E-state index in [1.807, 2.05) is 0 Å². The molecule has 1 unspecified atom stereocenters. The highest BCUT2D eigenvalue weighted by atomic mass is 35.5. The molecule has 0 amide bonds. The number of anilines is 1. The summed E-state index contributed by atoms with van der Waals surface area (Å²) in [6.07, 6.45) is 0. The first-order chi connectivity index (χ1) is 6.93. The average molecular weight is 251 g/mol. The second kappa shape index (κ2) is 4.80. The first-order valence-electron chi connectivity index (χ1n) is 4.12. The molecule has 0 spiro atoms. The molecule has 1 aromatic rings. The summed E-state index contributed by atoms with van der Waals surface area (Å²) in [5, 5.41) is 1.90. The number of benzene rings is 1.